The minimum atomic E-state index is -0.908. The second-order valence-electron chi connectivity index (χ2n) is 11.9. The third-order valence-corrected chi connectivity index (χ3v) is 8.22. The van der Waals surface area contributed by atoms with E-state index in [2.05, 4.69) is 34.9 Å². The molecule has 0 unspecified atom stereocenters. The van der Waals surface area contributed by atoms with E-state index in [9.17, 15) is 14.4 Å². The molecule has 0 bridgehead atoms. The molecule has 4 aromatic rings. The molecule has 248 valence electrons. The number of nitrogens with two attached hydrogens (primary N) is 2. The van der Waals surface area contributed by atoms with Crippen LogP contribution in [0, 0.1) is 0 Å². The number of hydrogen-bond donors (Lipinski definition) is 4. The maximum Gasteiger partial charge on any atom is 0.251 e. The minimum Gasteiger partial charge on any atom is -0.366 e. The Labute approximate surface area is 277 Å². The molecule has 0 aromatic heterocycles. The van der Waals surface area contributed by atoms with Gasteiger partial charge in [-0.1, -0.05) is 105 Å². The van der Waals surface area contributed by atoms with Crippen LogP contribution in [0.15, 0.2) is 97.1 Å². The first kappa shape index (κ1) is 35.3. The molecule has 0 spiro atoms. The summed E-state index contributed by atoms with van der Waals surface area (Å²) in [6.07, 6.45) is 2.00. The Kier molecular flexibility index (Phi) is 13.5. The molecule has 47 heavy (non-hydrogen) atoms. The molecule has 9 heteroatoms. The number of ether oxygens (including phenoxy) is 1. The Morgan fingerprint density at radius 2 is 1.51 bits per heavy atom. The first-order valence-corrected chi connectivity index (χ1v) is 16.3. The predicted octanol–water partition coefficient (Wildman–Crippen LogP) is 4.32. The van der Waals surface area contributed by atoms with Crippen LogP contribution in [0.5, 0.6) is 0 Å². The molecule has 3 amide bonds. The molecule has 0 saturated heterocycles. The zero-order valence-electron chi connectivity index (χ0n) is 27.4. The highest BCUT2D eigenvalue weighted by atomic mass is 16.5. The van der Waals surface area contributed by atoms with E-state index in [1.807, 2.05) is 67.6 Å². The van der Waals surface area contributed by atoms with Gasteiger partial charge < -0.3 is 31.7 Å². The molecular formula is C38H47N5O4. The maximum absolute atomic E-state index is 13.8. The SMILES string of the molecule is CCCC[C@H](NC(=O)[C@@H](Cc1ccccc1)OC[C@@H](Cc1ccc2ccccc2c1)NC(=O)c1cccc(CN)c1)C(=O)N(C)CN. The fourth-order valence-electron chi connectivity index (χ4n) is 5.48. The van der Waals surface area contributed by atoms with E-state index >= 15 is 0 Å². The largest absolute Gasteiger partial charge is 0.366 e. The number of fused-ring (bicyclic) bond motifs is 1. The van der Waals surface area contributed by atoms with Crippen LogP contribution in [0.25, 0.3) is 10.8 Å². The number of nitrogens with one attached hydrogen (secondary N) is 2. The van der Waals surface area contributed by atoms with Gasteiger partial charge in [0.2, 0.25) is 11.8 Å². The summed E-state index contributed by atoms with van der Waals surface area (Å²) < 4.78 is 6.39. The highest BCUT2D eigenvalue weighted by Crippen LogP contribution is 2.18. The minimum absolute atomic E-state index is 0.0472. The topological polar surface area (TPSA) is 140 Å². The van der Waals surface area contributed by atoms with Crippen molar-refractivity contribution in [3.63, 3.8) is 0 Å². The molecule has 0 aliphatic heterocycles. The lowest BCUT2D eigenvalue weighted by Crippen LogP contribution is -2.52. The molecule has 6 N–H and O–H groups in total. The first-order valence-electron chi connectivity index (χ1n) is 16.3. The van der Waals surface area contributed by atoms with Crippen LogP contribution in [-0.4, -0.2) is 61.1 Å². The van der Waals surface area contributed by atoms with E-state index in [0.29, 0.717) is 31.4 Å². The summed E-state index contributed by atoms with van der Waals surface area (Å²) in [6.45, 7) is 2.47. The Morgan fingerprint density at radius 1 is 0.787 bits per heavy atom. The van der Waals surface area contributed by atoms with Crippen molar-refractivity contribution in [2.24, 2.45) is 11.5 Å². The van der Waals surface area contributed by atoms with Gasteiger partial charge in [0.1, 0.15) is 12.1 Å². The molecule has 9 nitrogen and oxygen atoms in total. The molecule has 0 aliphatic carbocycles. The van der Waals surface area contributed by atoms with Gasteiger partial charge in [-0.25, -0.2) is 0 Å². The average Bonchev–Trinajstić information content (AvgIpc) is 3.11. The summed E-state index contributed by atoms with van der Waals surface area (Å²) in [6, 6.07) is 30.0. The normalized spacial score (nSPS) is 13.0. The fraction of sp³-hybridized carbons (Fsp3) is 0.342. The molecule has 0 radical (unpaired) electrons. The summed E-state index contributed by atoms with van der Waals surface area (Å²) in [5.41, 5.74) is 14.8. The lowest BCUT2D eigenvalue weighted by molar-refractivity contribution is -0.140. The molecule has 3 atom stereocenters. The van der Waals surface area contributed by atoms with E-state index in [-0.39, 0.29) is 31.0 Å². The zero-order chi connectivity index (χ0) is 33.6. The molecule has 4 rings (SSSR count). The molecule has 4 aromatic carbocycles. The highest BCUT2D eigenvalue weighted by Gasteiger charge is 2.29. The Morgan fingerprint density at radius 3 is 2.23 bits per heavy atom. The number of rotatable bonds is 17. The molecule has 0 heterocycles. The van der Waals surface area contributed by atoms with Gasteiger partial charge >= 0.3 is 0 Å². The van der Waals surface area contributed by atoms with Crippen LogP contribution in [-0.2, 0) is 33.7 Å². The third-order valence-electron chi connectivity index (χ3n) is 8.22. The van der Waals surface area contributed by atoms with Crippen molar-refractivity contribution in [1.82, 2.24) is 15.5 Å². The van der Waals surface area contributed by atoms with Gasteiger partial charge in [0.05, 0.1) is 19.3 Å². The first-order chi connectivity index (χ1) is 22.8. The number of unbranched alkanes of at least 4 members (excludes halogenated alkanes) is 1. The maximum atomic E-state index is 13.8. The molecule has 0 saturated carbocycles. The zero-order valence-corrected chi connectivity index (χ0v) is 27.4. The Balaban J connectivity index is 1.58. The summed E-state index contributed by atoms with van der Waals surface area (Å²) in [7, 11) is 1.62. The molecule has 0 aliphatic rings. The van der Waals surface area contributed by atoms with Gasteiger partial charge in [-0.05, 0) is 52.4 Å². The van der Waals surface area contributed by atoms with E-state index in [1.165, 1.54) is 4.90 Å². The Bertz CT molecular complexity index is 1610. The van der Waals surface area contributed by atoms with Crippen LogP contribution in [0.1, 0.15) is 53.2 Å². The second kappa shape index (κ2) is 17.9. The smallest absolute Gasteiger partial charge is 0.251 e. The summed E-state index contributed by atoms with van der Waals surface area (Å²) in [5, 5.41) is 8.31. The second-order valence-corrected chi connectivity index (χ2v) is 11.9. The highest BCUT2D eigenvalue weighted by molar-refractivity contribution is 5.94. The van der Waals surface area contributed by atoms with Gasteiger partial charge in [0.15, 0.2) is 0 Å². The fourth-order valence-corrected chi connectivity index (χ4v) is 5.48. The van der Waals surface area contributed by atoms with Crippen LogP contribution in [0.2, 0.25) is 0 Å². The molecular weight excluding hydrogens is 590 g/mol. The average molecular weight is 638 g/mol. The van der Waals surface area contributed by atoms with Gasteiger partial charge in [-0.3, -0.25) is 14.4 Å². The van der Waals surface area contributed by atoms with E-state index in [1.54, 1.807) is 19.2 Å². The summed E-state index contributed by atoms with van der Waals surface area (Å²) >= 11 is 0. The van der Waals surface area contributed by atoms with Crippen LogP contribution < -0.4 is 22.1 Å². The standard InChI is InChI=1S/C38H47N5O4/c1-3-4-17-34(38(46)43(2)26-40)42-37(45)35(23-27-11-6-5-7-12-27)47-25-33(41-36(44)32-16-10-13-29(21-32)24-39)22-28-18-19-30-14-8-9-15-31(30)20-28/h5-16,18-21,33-35H,3-4,17,22-26,39-40H2,1-2H3,(H,41,44)(H,42,45)/t33-,34+,35-/m1/s1. The molecule has 0 fully saturated rings. The van der Waals surface area contributed by atoms with Crippen LogP contribution in [0.4, 0.5) is 0 Å². The number of hydrogen-bond acceptors (Lipinski definition) is 6. The van der Waals surface area contributed by atoms with Crippen molar-refractivity contribution in [2.75, 3.05) is 20.3 Å². The lowest BCUT2D eigenvalue weighted by atomic mass is 10.0. The van der Waals surface area contributed by atoms with Crippen molar-refractivity contribution in [2.45, 2.75) is 63.8 Å². The van der Waals surface area contributed by atoms with Crippen molar-refractivity contribution < 1.29 is 19.1 Å². The number of nitrogens with zero attached hydrogens (tertiary/aromatic N) is 1. The number of carbonyl (C=O) groups excluding carboxylic acids is 3. The third kappa shape index (κ3) is 10.5. The number of amides is 3. The van der Waals surface area contributed by atoms with Crippen molar-refractivity contribution in [3.8, 4) is 0 Å². The van der Waals surface area contributed by atoms with Gasteiger partial charge in [-0.15, -0.1) is 0 Å². The van der Waals surface area contributed by atoms with E-state index in [4.69, 9.17) is 16.2 Å². The quantitative estimate of drug-likeness (QED) is 0.127. The van der Waals surface area contributed by atoms with Crippen LogP contribution in [0.3, 0.4) is 0 Å². The number of carbonyl (C=O) groups is 3. The number of likely N-dealkylation sites (N-methyl/N-ethyl adjacent to an activating group) is 1. The monoisotopic (exact) mass is 637 g/mol. The van der Waals surface area contributed by atoms with Gasteiger partial charge in [0.25, 0.3) is 5.91 Å². The van der Waals surface area contributed by atoms with Gasteiger partial charge in [0, 0.05) is 25.6 Å². The van der Waals surface area contributed by atoms with Crippen molar-refractivity contribution >= 4 is 28.5 Å². The Hall–Kier alpha value is -4.57. The van der Waals surface area contributed by atoms with Crippen LogP contribution >= 0.6 is 0 Å². The van der Waals surface area contributed by atoms with Gasteiger partial charge in [-0.2, -0.15) is 0 Å². The lowest BCUT2D eigenvalue weighted by Gasteiger charge is -2.27. The van der Waals surface area contributed by atoms with Crippen molar-refractivity contribution in [1.29, 1.82) is 0 Å². The number of benzene rings is 4. The summed E-state index contributed by atoms with van der Waals surface area (Å²) in [4.78, 5) is 41.8. The van der Waals surface area contributed by atoms with E-state index in [0.717, 1.165) is 40.3 Å². The van der Waals surface area contributed by atoms with E-state index < -0.39 is 18.2 Å². The summed E-state index contributed by atoms with van der Waals surface area (Å²) in [5.74, 6) is -0.886. The van der Waals surface area contributed by atoms with Crippen molar-refractivity contribution in [3.05, 3.63) is 119 Å². The predicted molar refractivity (Wildman–Crippen MR) is 186 cm³/mol.